The number of carbonyl (C=O) groups is 1. The Balaban J connectivity index is 2.95. The standard InChI is InChI=1S/C10H14N2O2/c1-4-7(2)8-5-9(10(13)14-3)12-6-11-8/h5-7H,4H2,1-3H3. The second-order valence-corrected chi connectivity index (χ2v) is 3.13. The van der Waals surface area contributed by atoms with Crippen LogP contribution in [0.4, 0.5) is 0 Å². The van der Waals surface area contributed by atoms with Crippen molar-refractivity contribution in [2.75, 3.05) is 7.11 Å². The van der Waals surface area contributed by atoms with E-state index in [1.807, 2.05) is 0 Å². The van der Waals surface area contributed by atoms with E-state index in [-0.39, 0.29) is 0 Å². The summed E-state index contributed by atoms with van der Waals surface area (Å²) in [7, 11) is 1.34. The average molecular weight is 194 g/mol. The van der Waals surface area contributed by atoms with Crippen molar-refractivity contribution in [2.45, 2.75) is 26.2 Å². The van der Waals surface area contributed by atoms with Crippen molar-refractivity contribution in [1.29, 1.82) is 0 Å². The molecule has 0 spiro atoms. The molecule has 0 saturated heterocycles. The Kier molecular flexibility index (Phi) is 3.56. The van der Waals surface area contributed by atoms with Gasteiger partial charge in [0.05, 0.1) is 7.11 Å². The third-order valence-corrected chi connectivity index (χ3v) is 2.20. The monoisotopic (exact) mass is 194 g/mol. The first-order valence-corrected chi connectivity index (χ1v) is 4.59. The molecule has 14 heavy (non-hydrogen) atoms. The fraction of sp³-hybridized carbons (Fsp3) is 0.500. The van der Waals surface area contributed by atoms with E-state index in [1.54, 1.807) is 6.07 Å². The van der Waals surface area contributed by atoms with Gasteiger partial charge < -0.3 is 4.74 Å². The molecule has 1 aromatic heterocycles. The van der Waals surface area contributed by atoms with Crippen LogP contribution in [0.2, 0.25) is 0 Å². The van der Waals surface area contributed by atoms with Gasteiger partial charge in [0.25, 0.3) is 0 Å². The van der Waals surface area contributed by atoms with E-state index in [1.165, 1.54) is 13.4 Å². The molecule has 76 valence electrons. The van der Waals surface area contributed by atoms with Crippen LogP contribution in [-0.4, -0.2) is 23.0 Å². The largest absolute Gasteiger partial charge is 0.464 e. The Morgan fingerprint density at radius 1 is 1.57 bits per heavy atom. The molecule has 0 radical (unpaired) electrons. The molecule has 1 heterocycles. The summed E-state index contributed by atoms with van der Waals surface area (Å²) in [6.07, 6.45) is 2.38. The summed E-state index contributed by atoms with van der Waals surface area (Å²) >= 11 is 0. The number of methoxy groups -OCH3 is 1. The van der Waals surface area contributed by atoms with Gasteiger partial charge in [-0.1, -0.05) is 13.8 Å². The molecular weight excluding hydrogens is 180 g/mol. The number of rotatable bonds is 3. The molecule has 0 saturated carbocycles. The Morgan fingerprint density at radius 2 is 2.29 bits per heavy atom. The third kappa shape index (κ3) is 2.28. The van der Waals surface area contributed by atoms with Gasteiger partial charge in [-0.05, 0) is 18.4 Å². The maximum absolute atomic E-state index is 11.2. The summed E-state index contributed by atoms with van der Waals surface area (Å²) in [4.78, 5) is 19.1. The zero-order valence-electron chi connectivity index (χ0n) is 8.65. The van der Waals surface area contributed by atoms with Crippen molar-refractivity contribution in [3.8, 4) is 0 Å². The number of ether oxygens (including phenoxy) is 1. The molecule has 0 fully saturated rings. The van der Waals surface area contributed by atoms with Gasteiger partial charge in [-0.2, -0.15) is 0 Å². The molecule has 4 nitrogen and oxygen atoms in total. The number of aromatic nitrogens is 2. The molecule has 0 aliphatic carbocycles. The maximum Gasteiger partial charge on any atom is 0.356 e. The Morgan fingerprint density at radius 3 is 2.86 bits per heavy atom. The highest BCUT2D eigenvalue weighted by atomic mass is 16.5. The van der Waals surface area contributed by atoms with E-state index in [0.717, 1.165) is 12.1 Å². The zero-order valence-corrected chi connectivity index (χ0v) is 8.65. The number of carbonyl (C=O) groups excluding carboxylic acids is 1. The van der Waals surface area contributed by atoms with Crippen molar-refractivity contribution in [3.05, 3.63) is 23.8 Å². The molecule has 1 aromatic rings. The van der Waals surface area contributed by atoms with Crippen LogP contribution >= 0.6 is 0 Å². The van der Waals surface area contributed by atoms with Gasteiger partial charge in [-0.25, -0.2) is 14.8 Å². The molecule has 0 aliphatic rings. The van der Waals surface area contributed by atoms with Gasteiger partial charge in [0.15, 0.2) is 5.69 Å². The van der Waals surface area contributed by atoms with Gasteiger partial charge in [-0.3, -0.25) is 0 Å². The Labute approximate surface area is 83.3 Å². The smallest absolute Gasteiger partial charge is 0.356 e. The molecule has 0 bridgehead atoms. The van der Waals surface area contributed by atoms with Crippen LogP contribution in [0.1, 0.15) is 42.4 Å². The lowest BCUT2D eigenvalue weighted by Gasteiger charge is -2.07. The van der Waals surface area contributed by atoms with Crippen LogP contribution in [0.3, 0.4) is 0 Å². The second-order valence-electron chi connectivity index (χ2n) is 3.13. The van der Waals surface area contributed by atoms with E-state index in [9.17, 15) is 4.79 Å². The van der Waals surface area contributed by atoms with Crippen LogP contribution in [0, 0.1) is 0 Å². The fourth-order valence-corrected chi connectivity index (χ4v) is 1.07. The Hall–Kier alpha value is -1.45. The summed E-state index contributed by atoms with van der Waals surface area (Å²) in [5, 5.41) is 0. The molecule has 0 aromatic carbocycles. The Bertz CT molecular complexity index is 326. The summed E-state index contributed by atoms with van der Waals surface area (Å²) in [6, 6.07) is 1.68. The number of hydrogen-bond donors (Lipinski definition) is 0. The van der Waals surface area contributed by atoms with Crippen LogP contribution in [-0.2, 0) is 4.74 Å². The molecule has 0 aliphatic heterocycles. The van der Waals surface area contributed by atoms with Crippen LogP contribution < -0.4 is 0 Å². The first-order chi connectivity index (χ1) is 6.69. The normalized spacial score (nSPS) is 12.2. The number of esters is 1. The minimum Gasteiger partial charge on any atom is -0.464 e. The lowest BCUT2D eigenvalue weighted by Crippen LogP contribution is -2.07. The molecular formula is C10H14N2O2. The van der Waals surface area contributed by atoms with Gasteiger partial charge in [0.2, 0.25) is 0 Å². The molecule has 1 rings (SSSR count). The SMILES string of the molecule is CCC(C)c1cc(C(=O)OC)ncn1. The van der Waals surface area contributed by atoms with Crippen molar-refractivity contribution < 1.29 is 9.53 Å². The maximum atomic E-state index is 11.2. The average Bonchev–Trinajstić information content (AvgIpc) is 2.27. The van der Waals surface area contributed by atoms with Crippen molar-refractivity contribution in [2.24, 2.45) is 0 Å². The van der Waals surface area contributed by atoms with E-state index < -0.39 is 5.97 Å². The third-order valence-electron chi connectivity index (χ3n) is 2.20. The van der Waals surface area contributed by atoms with Gasteiger partial charge >= 0.3 is 5.97 Å². The van der Waals surface area contributed by atoms with Crippen molar-refractivity contribution in [1.82, 2.24) is 9.97 Å². The minimum atomic E-state index is -0.419. The highest BCUT2D eigenvalue weighted by Crippen LogP contribution is 2.15. The quantitative estimate of drug-likeness (QED) is 0.688. The van der Waals surface area contributed by atoms with Crippen molar-refractivity contribution >= 4 is 5.97 Å². The van der Waals surface area contributed by atoms with Gasteiger partial charge in [-0.15, -0.1) is 0 Å². The number of nitrogens with zero attached hydrogens (tertiary/aromatic N) is 2. The predicted molar refractivity (Wildman–Crippen MR) is 52.1 cm³/mol. The van der Waals surface area contributed by atoms with Gasteiger partial charge in [0.1, 0.15) is 6.33 Å². The molecule has 1 unspecified atom stereocenters. The predicted octanol–water partition coefficient (Wildman–Crippen LogP) is 1.78. The summed E-state index contributed by atoms with van der Waals surface area (Å²) in [5.74, 6) is -0.0849. The van der Waals surface area contributed by atoms with E-state index in [0.29, 0.717) is 11.6 Å². The first-order valence-electron chi connectivity index (χ1n) is 4.59. The highest BCUT2D eigenvalue weighted by Gasteiger charge is 2.11. The summed E-state index contributed by atoms with van der Waals surface area (Å²) < 4.78 is 4.58. The molecule has 4 heteroatoms. The molecule has 1 atom stereocenters. The van der Waals surface area contributed by atoms with E-state index in [4.69, 9.17) is 0 Å². The fourth-order valence-electron chi connectivity index (χ4n) is 1.07. The first kappa shape index (κ1) is 10.6. The topological polar surface area (TPSA) is 52.1 Å². The van der Waals surface area contributed by atoms with Crippen molar-refractivity contribution in [3.63, 3.8) is 0 Å². The zero-order chi connectivity index (χ0) is 10.6. The second kappa shape index (κ2) is 4.69. The van der Waals surface area contributed by atoms with Gasteiger partial charge in [0, 0.05) is 5.69 Å². The highest BCUT2D eigenvalue weighted by molar-refractivity contribution is 5.87. The number of hydrogen-bond acceptors (Lipinski definition) is 4. The lowest BCUT2D eigenvalue weighted by atomic mass is 10.0. The van der Waals surface area contributed by atoms with E-state index in [2.05, 4.69) is 28.6 Å². The minimum absolute atomic E-state index is 0.317. The van der Waals surface area contributed by atoms with Crippen LogP contribution in [0.15, 0.2) is 12.4 Å². The summed E-state index contributed by atoms with van der Waals surface area (Å²) in [5.41, 5.74) is 1.20. The lowest BCUT2D eigenvalue weighted by molar-refractivity contribution is 0.0593. The van der Waals surface area contributed by atoms with Crippen LogP contribution in [0.5, 0.6) is 0 Å². The molecule has 0 amide bonds. The molecule has 0 N–H and O–H groups in total. The van der Waals surface area contributed by atoms with E-state index >= 15 is 0 Å². The van der Waals surface area contributed by atoms with Crippen LogP contribution in [0.25, 0.3) is 0 Å². The summed E-state index contributed by atoms with van der Waals surface area (Å²) in [6.45, 7) is 4.13.